The van der Waals surface area contributed by atoms with Gasteiger partial charge in [-0.15, -0.1) is 0 Å². The minimum atomic E-state index is -3.15. The summed E-state index contributed by atoms with van der Waals surface area (Å²) >= 11 is 0. The smallest absolute Gasteiger partial charge is 0.248 e. The molecule has 1 spiro atoms. The summed E-state index contributed by atoms with van der Waals surface area (Å²) in [6, 6.07) is 0. The van der Waals surface area contributed by atoms with Gasteiger partial charge in [-0.1, -0.05) is 6.92 Å². The van der Waals surface area contributed by atoms with Gasteiger partial charge in [-0.3, -0.25) is 4.79 Å². The quantitative estimate of drug-likeness (QED) is 0.651. The van der Waals surface area contributed by atoms with Crippen LogP contribution in [0.5, 0.6) is 0 Å². The zero-order chi connectivity index (χ0) is 16.4. The van der Waals surface area contributed by atoms with Crippen molar-refractivity contribution in [2.75, 3.05) is 52.8 Å². The van der Waals surface area contributed by atoms with Crippen molar-refractivity contribution in [3.8, 4) is 0 Å². The molecule has 22 heavy (non-hydrogen) atoms. The van der Waals surface area contributed by atoms with Gasteiger partial charge < -0.3 is 14.4 Å². The van der Waals surface area contributed by atoms with Crippen molar-refractivity contribution in [3.05, 3.63) is 0 Å². The van der Waals surface area contributed by atoms with Crippen LogP contribution in [-0.4, -0.2) is 81.9 Å². The molecule has 2 heterocycles. The Balaban J connectivity index is 1.84. The normalized spacial score (nSPS) is 24.4. The zero-order valence-corrected chi connectivity index (χ0v) is 14.4. The molecule has 1 amide bonds. The fraction of sp³-hybridized carbons (Fsp3) is 0.929. The van der Waals surface area contributed by atoms with Crippen LogP contribution in [0, 0.1) is 5.92 Å². The van der Waals surface area contributed by atoms with E-state index >= 15 is 0 Å². The maximum atomic E-state index is 12.0. The molecule has 7 nitrogen and oxygen atoms in total. The van der Waals surface area contributed by atoms with E-state index in [2.05, 4.69) is 0 Å². The van der Waals surface area contributed by atoms with Gasteiger partial charge in [-0.25, -0.2) is 8.42 Å². The summed E-state index contributed by atoms with van der Waals surface area (Å²) in [4.78, 5) is 13.0. The second-order valence-electron chi connectivity index (χ2n) is 6.29. The van der Waals surface area contributed by atoms with E-state index in [1.165, 1.54) is 9.21 Å². The first-order valence-corrected chi connectivity index (χ1v) is 9.31. The first kappa shape index (κ1) is 17.7. The number of carbonyl (C=O) groups excluding carboxylic acids is 1. The minimum absolute atomic E-state index is 0.0530. The molecule has 0 aromatic heterocycles. The first-order valence-electron chi connectivity index (χ1n) is 7.70. The Morgan fingerprint density at radius 3 is 2.68 bits per heavy atom. The van der Waals surface area contributed by atoms with Crippen molar-refractivity contribution >= 4 is 15.9 Å². The van der Waals surface area contributed by atoms with E-state index in [0.717, 1.165) is 6.42 Å². The monoisotopic (exact) mass is 334 g/mol. The standard InChI is InChI=1S/C14H26N2O5S/c1-4-7-22(18,19)16-10-14(11-16)12(5-6-21-14)8-20-9-13(17)15(2)3/h12H,4-11H2,1-3H3. The van der Waals surface area contributed by atoms with Crippen molar-refractivity contribution < 1.29 is 22.7 Å². The van der Waals surface area contributed by atoms with Gasteiger partial charge in [0, 0.05) is 39.7 Å². The summed E-state index contributed by atoms with van der Waals surface area (Å²) in [5.41, 5.74) is -0.415. The molecular formula is C14H26N2O5S. The molecule has 2 saturated heterocycles. The van der Waals surface area contributed by atoms with Crippen LogP contribution < -0.4 is 0 Å². The van der Waals surface area contributed by atoms with Crippen LogP contribution >= 0.6 is 0 Å². The van der Waals surface area contributed by atoms with Crippen LogP contribution in [0.25, 0.3) is 0 Å². The van der Waals surface area contributed by atoms with Crippen molar-refractivity contribution in [1.82, 2.24) is 9.21 Å². The topological polar surface area (TPSA) is 76.1 Å². The fourth-order valence-corrected chi connectivity index (χ4v) is 4.53. The lowest BCUT2D eigenvalue weighted by Gasteiger charge is -2.49. The summed E-state index contributed by atoms with van der Waals surface area (Å²) in [5.74, 6) is 0.256. The van der Waals surface area contributed by atoms with Crippen LogP contribution in [0.2, 0.25) is 0 Å². The number of carbonyl (C=O) groups is 1. The summed E-state index contributed by atoms with van der Waals surface area (Å²) < 4.78 is 36.9. The van der Waals surface area contributed by atoms with Gasteiger partial charge >= 0.3 is 0 Å². The lowest BCUT2D eigenvalue weighted by atomic mass is 9.83. The highest BCUT2D eigenvalue weighted by Crippen LogP contribution is 2.41. The number of ether oxygens (including phenoxy) is 2. The van der Waals surface area contributed by atoms with Crippen molar-refractivity contribution in [2.45, 2.75) is 25.4 Å². The number of hydrogen-bond acceptors (Lipinski definition) is 5. The highest BCUT2D eigenvalue weighted by molar-refractivity contribution is 7.89. The van der Waals surface area contributed by atoms with Gasteiger partial charge in [0.25, 0.3) is 0 Å². The van der Waals surface area contributed by atoms with E-state index < -0.39 is 15.6 Å². The van der Waals surface area contributed by atoms with Crippen LogP contribution in [0.1, 0.15) is 19.8 Å². The molecule has 0 aromatic rings. The summed E-state index contributed by atoms with van der Waals surface area (Å²) in [5, 5.41) is 0. The number of nitrogens with zero attached hydrogens (tertiary/aromatic N) is 2. The minimum Gasteiger partial charge on any atom is -0.372 e. The second-order valence-corrected chi connectivity index (χ2v) is 8.37. The number of likely N-dealkylation sites (N-methyl/N-ethyl adjacent to an activating group) is 1. The van der Waals surface area contributed by atoms with E-state index in [1.807, 2.05) is 6.92 Å². The number of amides is 1. The van der Waals surface area contributed by atoms with E-state index in [1.54, 1.807) is 14.1 Å². The summed E-state index contributed by atoms with van der Waals surface area (Å²) in [6.07, 6.45) is 1.46. The summed E-state index contributed by atoms with van der Waals surface area (Å²) in [7, 11) is 0.224. The molecule has 2 aliphatic rings. The lowest BCUT2D eigenvalue weighted by molar-refractivity contribution is -0.138. The highest BCUT2D eigenvalue weighted by Gasteiger charge is 2.56. The predicted octanol–water partition coefficient (Wildman–Crippen LogP) is -0.0781. The average Bonchev–Trinajstić information content (AvgIpc) is 2.80. The zero-order valence-electron chi connectivity index (χ0n) is 13.6. The maximum absolute atomic E-state index is 12.0. The molecule has 0 saturated carbocycles. The third-order valence-corrected chi connectivity index (χ3v) is 6.36. The molecule has 0 aromatic carbocycles. The molecule has 1 atom stereocenters. The fourth-order valence-electron chi connectivity index (χ4n) is 2.92. The van der Waals surface area contributed by atoms with Crippen LogP contribution in [0.15, 0.2) is 0 Å². The number of rotatable bonds is 7. The van der Waals surface area contributed by atoms with E-state index in [4.69, 9.17) is 9.47 Å². The molecule has 0 N–H and O–H groups in total. The molecule has 128 valence electrons. The third-order valence-electron chi connectivity index (χ3n) is 4.39. The molecule has 0 radical (unpaired) electrons. The van der Waals surface area contributed by atoms with Crippen LogP contribution in [0.3, 0.4) is 0 Å². The Morgan fingerprint density at radius 1 is 1.41 bits per heavy atom. The Bertz CT molecular complexity index is 499. The van der Waals surface area contributed by atoms with Crippen molar-refractivity contribution in [1.29, 1.82) is 0 Å². The molecule has 2 rings (SSSR count). The molecular weight excluding hydrogens is 308 g/mol. The number of hydrogen-bond donors (Lipinski definition) is 0. The lowest BCUT2D eigenvalue weighted by Crippen LogP contribution is -2.66. The third kappa shape index (κ3) is 3.61. The molecule has 0 bridgehead atoms. The van der Waals surface area contributed by atoms with Gasteiger partial charge in [-0.2, -0.15) is 4.31 Å². The SMILES string of the molecule is CCCS(=O)(=O)N1CC2(C1)OCCC2COCC(=O)N(C)C. The van der Waals surface area contributed by atoms with Gasteiger partial charge in [0.2, 0.25) is 15.9 Å². The summed E-state index contributed by atoms with van der Waals surface area (Å²) in [6.45, 7) is 3.78. The molecule has 2 fully saturated rings. The van der Waals surface area contributed by atoms with Gasteiger partial charge in [-0.05, 0) is 12.8 Å². The average molecular weight is 334 g/mol. The van der Waals surface area contributed by atoms with Gasteiger partial charge in [0.05, 0.1) is 12.4 Å². The largest absolute Gasteiger partial charge is 0.372 e. The van der Waals surface area contributed by atoms with Gasteiger partial charge in [0.15, 0.2) is 0 Å². The van der Waals surface area contributed by atoms with E-state index in [0.29, 0.717) is 32.7 Å². The van der Waals surface area contributed by atoms with Crippen molar-refractivity contribution in [3.63, 3.8) is 0 Å². The second kappa shape index (κ2) is 6.82. The Morgan fingerprint density at radius 2 is 2.09 bits per heavy atom. The van der Waals surface area contributed by atoms with E-state index in [-0.39, 0.29) is 24.2 Å². The Hall–Kier alpha value is -0.700. The molecule has 2 aliphatic heterocycles. The first-order chi connectivity index (χ1) is 10.3. The Kier molecular flexibility index (Phi) is 5.47. The maximum Gasteiger partial charge on any atom is 0.248 e. The highest BCUT2D eigenvalue weighted by atomic mass is 32.2. The van der Waals surface area contributed by atoms with Crippen molar-refractivity contribution in [2.24, 2.45) is 5.92 Å². The van der Waals surface area contributed by atoms with Crippen LogP contribution in [0.4, 0.5) is 0 Å². The molecule has 8 heteroatoms. The number of sulfonamides is 1. The predicted molar refractivity (Wildman–Crippen MR) is 82.0 cm³/mol. The van der Waals surface area contributed by atoms with Gasteiger partial charge in [0.1, 0.15) is 12.2 Å². The molecule has 1 unspecified atom stereocenters. The Labute approximate surface area is 132 Å². The van der Waals surface area contributed by atoms with E-state index in [9.17, 15) is 13.2 Å². The molecule has 0 aliphatic carbocycles. The van der Waals surface area contributed by atoms with Crippen LogP contribution in [-0.2, 0) is 24.3 Å².